The van der Waals surface area contributed by atoms with Crippen molar-refractivity contribution in [1.29, 1.82) is 0 Å². The van der Waals surface area contributed by atoms with Crippen LogP contribution in [0.2, 0.25) is 0 Å². The molecule has 12 heteroatoms. The largest absolute Gasteiger partial charge is 0.465 e. The number of aliphatic hydroxyl groups is 4. The van der Waals surface area contributed by atoms with Gasteiger partial charge in [0.15, 0.2) is 12.4 Å². The molecule has 1 saturated carbocycles. The van der Waals surface area contributed by atoms with Crippen molar-refractivity contribution in [3.63, 3.8) is 0 Å². The number of methoxy groups -OCH3 is 1. The second-order valence-electron chi connectivity index (χ2n) is 14.7. The first-order valence-corrected chi connectivity index (χ1v) is 17.0. The van der Waals surface area contributed by atoms with Gasteiger partial charge in [0.25, 0.3) is 0 Å². The van der Waals surface area contributed by atoms with Gasteiger partial charge >= 0.3 is 11.9 Å². The summed E-state index contributed by atoms with van der Waals surface area (Å²) >= 11 is 0. The zero-order valence-corrected chi connectivity index (χ0v) is 29.6. The second-order valence-corrected chi connectivity index (χ2v) is 14.7. The van der Waals surface area contributed by atoms with Gasteiger partial charge in [-0.05, 0) is 57.4 Å². The molecular formula is C36H56O12. The van der Waals surface area contributed by atoms with Crippen molar-refractivity contribution in [3.05, 3.63) is 35.5 Å². The van der Waals surface area contributed by atoms with Gasteiger partial charge in [-0.2, -0.15) is 0 Å². The van der Waals surface area contributed by atoms with E-state index in [0.717, 1.165) is 24.0 Å². The molecule has 48 heavy (non-hydrogen) atoms. The van der Waals surface area contributed by atoms with E-state index >= 15 is 0 Å². The smallest absolute Gasteiger partial charge is 0.303 e. The van der Waals surface area contributed by atoms with Crippen molar-refractivity contribution in [2.24, 2.45) is 29.1 Å². The van der Waals surface area contributed by atoms with Crippen molar-refractivity contribution >= 4 is 11.9 Å². The Morgan fingerprint density at radius 1 is 1.10 bits per heavy atom. The first kappa shape index (κ1) is 38.6. The predicted octanol–water partition coefficient (Wildman–Crippen LogP) is 2.61. The molecule has 1 saturated heterocycles. The highest BCUT2D eigenvalue weighted by molar-refractivity contribution is 5.66. The highest BCUT2D eigenvalue weighted by atomic mass is 16.7. The van der Waals surface area contributed by atoms with Crippen LogP contribution in [-0.2, 0) is 38.0 Å². The van der Waals surface area contributed by atoms with E-state index in [1.54, 1.807) is 27.0 Å². The summed E-state index contributed by atoms with van der Waals surface area (Å²) < 4.78 is 35.1. The topological polar surface area (TPSA) is 170 Å². The summed E-state index contributed by atoms with van der Waals surface area (Å²) in [5.41, 5.74) is 0.746. The molecule has 5 unspecified atom stereocenters. The van der Waals surface area contributed by atoms with Gasteiger partial charge in [0.2, 0.25) is 0 Å². The van der Waals surface area contributed by atoms with Crippen molar-refractivity contribution in [3.8, 4) is 0 Å². The molecule has 4 rings (SSSR count). The Kier molecular flexibility index (Phi) is 12.4. The summed E-state index contributed by atoms with van der Waals surface area (Å²) in [6.07, 6.45) is -4.54. The van der Waals surface area contributed by atoms with E-state index in [-0.39, 0.29) is 43.3 Å². The first-order valence-electron chi connectivity index (χ1n) is 17.0. The zero-order chi connectivity index (χ0) is 35.7. The maximum absolute atomic E-state index is 12.3. The fourth-order valence-electron chi connectivity index (χ4n) is 7.88. The van der Waals surface area contributed by atoms with E-state index in [9.17, 15) is 30.0 Å². The molecular weight excluding hydrogens is 624 g/mol. The average Bonchev–Trinajstić information content (AvgIpc) is 3.52. The summed E-state index contributed by atoms with van der Waals surface area (Å²) in [6, 6.07) is 0. The molecule has 13 atom stereocenters. The highest BCUT2D eigenvalue weighted by Crippen LogP contribution is 2.56. The van der Waals surface area contributed by atoms with Crippen LogP contribution in [0.25, 0.3) is 0 Å². The molecule has 4 aliphatic rings. The van der Waals surface area contributed by atoms with E-state index < -0.39 is 72.0 Å². The summed E-state index contributed by atoms with van der Waals surface area (Å²) in [5, 5.41) is 46.7. The van der Waals surface area contributed by atoms with E-state index in [2.05, 4.69) is 12.7 Å². The average molecular weight is 681 g/mol. The molecule has 4 N–H and O–H groups in total. The lowest BCUT2D eigenvalue weighted by molar-refractivity contribution is -0.320. The number of carbonyl (C=O) groups excluding carboxylic acids is 2. The summed E-state index contributed by atoms with van der Waals surface area (Å²) in [7, 11) is 1.66. The molecule has 0 aromatic rings. The van der Waals surface area contributed by atoms with Crippen LogP contribution in [0.4, 0.5) is 0 Å². The first-order chi connectivity index (χ1) is 22.4. The molecule has 272 valence electrons. The quantitative estimate of drug-likeness (QED) is 0.176. The third kappa shape index (κ3) is 7.91. The molecule has 0 bridgehead atoms. The van der Waals surface area contributed by atoms with Crippen LogP contribution in [0.3, 0.4) is 0 Å². The Morgan fingerprint density at radius 3 is 2.40 bits per heavy atom. The lowest BCUT2D eigenvalue weighted by Crippen LogP contribution is -2.62. The van der Waals surface area contributed by atoms with Crippen LogP contribution in [0.5, 0.6) is 0 Å². The third-order valence-electron chi connectivity index (χ3n) is 10.8. The molecule has 12 nitrogen and oxygen atoms in total. The number of hydrogen-bond acceptors (Lipinski definition) is 12. The van der Waals surface area contributed by atoms with Gasteiger partial charge in [0, 0.05) is 38.2 Å². The van der Waals surface area contributed by atoms with Crippen molar-refractivity contribution in [1.82, 2.24) is 0 Å². The van der Waals surface area contributed by atoms with Gasteiger partial charge in [-0.3, -0.25) is 9.59 Å². The number of ether oxygens (including phenoxy) is 6. The van der Waals surface area contributed by atoms with Gasteiger partial charge in [0.05, 0.1) is 37.6 Å². The summed E-state index contributed by atoms with van der Waals surface area (Å²) in [6.45, 7) is 16.0. The fraction of sp³-hybridized carbons (Fsp3) is 0.778. The minimum Gasteiger partial charge on any atom is -0.465 e. The maximum Gasteiger partial charge on any atom is 0.303 e. The molecule has 2 fully saturated rings. The van der Waals surface area contributed by atoms with Gasteiger partial charge in [0.1, 0.15) is 24.4 Å². The normalized spacial score (nSPS) is 39.1. The van der Waals surface area contributed by atoms with Crippen molar-refractivity contribution < 1.29 is 58.4 Å². The van der Waals surface area contributed by atoms with Crippen molar-refractivity contribution in [2.45, 2.75) is 122 Å². The monoisotopic (exact) mass is 680 g/mol. The van der Waals surface area contributed by atoms with Crippen molar-refractivity contribution in [2.75, 3.05) is 26.9 Å². The van der Waals surface area contributed by atoms with Crippen LogP contribution in [0.15, 0.2) is 35.5 Å². The van der Waals surface area contributed by atoms with E-state index in [0.29, 0.717) is 12.2 Å². The van der Waals surface area contributed by atoms with Gasteiger partial charge in [-0.15, -0.1) is 6.58 Å². The third-order valence-corrected chi connectivity index (χ3v) is 10.8. The number of fused-ring (bicyclic) bond motifs is 2. The Bertz CT molecular complexity index is 1240. The lowest BCUT2D eigenvalue weighted by Gasteiger charge is -2.47. The predicted molar refractivity (Wildman–Crippen MR) is 174 cm³/mol. The summed E-state index contributed by atoms with van der Waals surface area (Å²) in [5.74, 6) is -1.70. The van der Waals surface area contributed by atoms with Gasteiger partial charge < -0.3 is 48.8 Å². The minimum absolute atomic E-state index is 0.0190. The lowest BCUT2D eigenvalue weighted by atomic mass is 9.68. The number of aliphatic hydroxyl groups excluding tert-OH is 4. The van der Waals surface area contributed by atoms with Crippen LogP contribution in [-0.4, -0.2) is 114 Å². The molecule has 3 aliphatic carbocycles. The number of hydrogen-bond donors (Lipinski definition) is 4. The minimum atomic E-state index is -1.63. The summed E-state index contributed by atoms with van der Waals surface area (Å²) in [4.78, 5) is 23.8. The fourth-order valence-corrected chi connectivity index (χ4v) is 7.88. The number of carbonyl (C=O) groups is 2. The molecule has 0 radical (unpaired) electrons. The molecule has 1 aliphatic heterocycles. The highest BCUT2D eigenvalue weighted by Gasteiger charge is 2.56. The standard InChI is InChI=1S/C36H56O12/c1-10-35(6,7)45-17-26-30(41)33(46-21(5)38)31(42)34(47-26)48-32-28-24(18(2)15-44-20(4)37)13-27(39)36(28,8)14-25-22(16-43-9)11-12-23(25)19(3)29(32)40/h10,14,18-19,22-23,26-27,29-34,39-42H,1,11-13,15-17H2,2-9H3/t18?,19-,22-,23+,26-,27+,29?,30?,31?,32?,33+,34-,36+/m1/s1. The molecule has 0 amide bonds. The van der Waals surface area contributed by atoms with Gasteiger partial charge in [-0.1, -0.05) is 37.1 Å². The van der Waals surface area contributed by atoms with E-state index in [1.165, 1.54) is 13.8 Å². The Balaban J connectivity index is 1.82. The Morgan fingerprint density at radius 2 is 1.79 bits per heavy atom. The van der Waals surface area contributed by atoms with Crippen LogP contribution < -0.4 is 0 Å². The SMILES string of the molecule is C=CC(C)(C)OC[C@H]1O[C@H](OC2C3=C(C(C)COC(C)=O)C[C@H](O)[C@]3(C)C=C3[C@@H](COC)CC[C@H]3[C@@H](C)C2O)C(O)[C@@H](OC(C)=O)C1O. The Labute approximate surface area is 284 Å². The zero-order valence-electron chi connectivity index (χ0n) is 29.6. The van der Waals surface area contributed by atoms with Crippen LogP contribution in [0.1, 0.15) is 67.7 Å². The number of esters is 2. The molecule has 1 heterocycles. The van der Waals surface area contributed by atoms with Crippen LogP contribution >= 0.6 is 0 Å². The maximum atomic E-state index is 12.3. The van der Waals surface area contributed by atoms with E-state index in [1.807, 2.05) is 20.8 Å². The van der Waals surface area contributed by atoms with E-state index in [4.69, 9.17) is 28.4 Å². The molecule has 0 aromatic heterocycles. The number of rotatable bonds is 12. The van der Waals surface area contributed by atoms with Crippen LogP contribution in [0, 0.1) is 29.1 Å². The molecule has 0 spiro atoms. The molecule has 0 aromatic carbocycles. The Hall–Kier alpha value is -2.16. The van der Waals surface area contributed by atoms with Gasteiger partial charge in [-0.25, -0.2) is 0 Å². The second kappa shape index (κ2) is 15.4.